The van der Waals surface area contributed by atoms with E-state index in [1.165, 1.54) is 0 Å². The van der Waals surface area contributed by atoms with Gasteiger partial charge in [-0.15, -0.1) is 0 Å². The molecule has 17 heavy (non-hydrogen) atoms. The Kier molecular flexibility index (Phi) is 2.91. The zero-order valence-electron chi connectivity index (χ0n) is 10.1. The lowest BCUT2D eigenvalue weighted by atomic mass is 10.2. The minimum atomic E-state index is -3.25. The average molecular weight is 254 g/mol. The molecule has 0 spiro atoms. The monoisotopic (exact) mass is 254 g/mol. The van der Waals surface area contributed by atoms with Crippen molar-refractivity contribution >= 4 is 15.7 Å². The van der Waals surface area contributed by atoms with Crippen LogP contribution in [0.4, 0.5) is 5.69 Å². The van der Waals surface area contributed by atoms with E-state index in [9.17, 15) is 8.42 Å². The van der Waals surface area contributed by atoms with Crippen molar-refractivity contribution in [3.05, 3.63) is 29.8 Å². The molecular weight excluding hydrogens is 236 g/mol. The lowest BCUT2D eigenvalue weighted by Gasteiger charge is -2.08. The van der Waals surface area contributed by atoms with Crippen LogP contribution in [0.3, 0.4) is 0 Å². The molecule has 1 atom stereocenters. The Hall–Kier alpha value is -1.07. The van der Waals surface area contributed by atoms with Crippen LogP contribution in [-0.2, 0) is 15.8 Å². The third-order valence-electron chi connectivity index (χ3n) is 3.17. The first-order valence-electron chi connectivity index (χ1n) is 5.63. The van der Waals surface area contributed by atoms with Gasteiger partial charge in [0.15, 0.2) is 0 Å². The number of sulfonamides is 1. The Labute approximate surface area is 102 Å². The van der Waals surface area contributed by atoms with Gasteiger partial charge in [0.25, 0.3) is 0 Å². The summed E-state index contributed by atoms with van der Waals surface area (Å²) < 4.78 is 26.5. The van der Waals surface area contributed by atoms with E-state index in [0.29, 0.717) is 5.69 Å². The number of nitrogens with one attached hydrogen (secondary N) is 1. The third kappa shape index (κ3) is 3.20. The predicted molar refractivity (Wildman–Crippen MR) is 68.8 cm³/mol. The number of nitrogen functional groups attached to an aromatic ring is 1. The molecule has 4 nitrogen and oxygen atoms in total. The van der Waals surface area contributed by atoms with Gasteiger partial charge in [0.2, 0.25) is 10.0 Å². The van der Waals surface area contributed by atoms with Gasteiger partial charge >= 0.3 is 0 Å². The third-order valence-corrected chi connectivity index (χ3v) is 4.53. The van der Waals surface area contributed by atoms with Gasteiger partial charge in [-0.05, 0) is 29.5 Å². The van der Waals surface area contributed by atoms with Gasteiger partial charge in [-0.1, -0.05) is 26.0 Å². The van der Waals surface area contributed by atoms with E-state index >= 15 is 0 Å². The van der Waals surface area contributed by atoms with Crippen LogP contribution >= 0.6 is 0 Å². The first kappa shape index (κ1) is 12.4. The SMILES string of the molecule is CC1(C)CC1NS(=O)(=O)Cc1ccc(N)cc1. The first-order valence-corrected chi connectivity index (χ1v) is 7.28. The Balaban J connectivity index is 2.00. The van der Waals surface area contributed by atoms with E-state index < -0.39 is 10.0 Å². The van der Waals surface area contributed by atoms with Gasteiger partial charge in [0.1, 0.15) is 0 Å². The molecule has 0 amide bonds. The summed E-state index contributed by atoms with van der Waals surface area (Å²) in [6, 6.07) is 7.00. The molecular formula is C12H18N2O2S. The summed E-state index contributed by atoms with van der Waals surface area (Å²) in [7, 11) is -3.25. The minimum absolute atomic E-state index is 0.0137. The van der Waals surface area contributed by atoms with Crippen LogP contribution in [0.15, 0.2) is 24.3 Å². The summed E-state index contributed by atoms with van der Waals surface area (Å²) in [6.07, 6.45) is 0.911. The number of anilines is 1. The molecule has 0 bridgehead atoms. The van der Waals surface area contributed by atoms with Gasteiger partial charge in [-0.3, -0.25) is 0 Å². The fourth-order valence-corrected chi connectivity index (χ4v) is 3.31. The molecule has 1 fully saturated rings. The summed E-state index contributed by atoms with van der Waals surface area (Å²) in [5, 5.41) is 0. The second-order valence-corrected chi connectivity index (χ2v) is 7.12. The Bertz CT molecular complexity index is 506. The summed E-state index contributed by atoms with van der Waals surface area (Å²) in [5.74, 6) is 0.0137. The van der Waals surface area contributed by atoms with Crippen molar-refractivity contribution in [2.45, 2.75) is 32.1 Å². The second kappa shape index (κ2) is 3.99. The fraction of sp³-hybridized carbons (Fsp3) is 0.500. The summed E-state index contributed by atoms with van der Waals surface area (Å²) in [6.45, 7) is 4.12. The molecule has 0 aliphatic heterocycles. The maximum Gasteiger partial charge on any atom is 0.216 e. The molecule has 3 N–H and O–H groups in total. The molecule has 1 aromatic rings. The topological polar surface area (TPSA) is 72.2 Å². The zero-order chi connectivity index (χ0) is 12.7. The highest BCUT2D eigenvalue weighted by molar-refractivity contribution is 7.88. The van der Waals surface area contributed by atoms with Crippen LogP contribution in [0.25, 0.3) is 0 Å². The number of hydrogen-bond donors (Lipinski definition) is 2. The van der Waals surface area contributed by atoms with E-state index in [0.717, 1.165) is 12.0 Å². The second-order valence-electron chi connectivity index (χ2n) is 5.36. The summed E-state index contributed by atoms with van der Waals surface area (Å²) in [4.78, 5) is 0. The van der Waals surface area contributed by atoms with Gasteiger partial charge in [0, 0.05) is 11.7 Å². The molecule has 1 aliphatic carbocycles. The quantitative estimate of drug-likeness (QED) is 0.800. The minimum Gasteiger partial charge on any atom is -0.399 e. The van der Waals surface area contributed by atoms with Crippen molar-refractivity contribution in [1.29, 1.82) is 0 Å². The zero-order valence-corrected chi connectivity index (χ0v) is 10.9. The molecule has 94 valence electrons. The van der Waals surface area contributed by atoms with Gasteiger partial charge in [-0.2, -0.15) is 0 Å². The maximum atomic E-state index is 11.9. The van der Waals surface area contributed by atoms with E-state index in [-0.39, 0.29) is 17.2 Å². The standard InChI is InChI=1S/C12H18N2O2S/c1-12(2)7-11(12)14-17(15,16)8-9-3-5-10(13)6-4-9/h3-6,11,14H,7-8,13H2,1-2H3. The van der Waals surface area contributed by atoms with Crippen molar-refractivity contribution in [3.63, 3.8) is 0 Å². The van der Waals surface area contributed by atoms with Crippen LogP contribution in [-0.4, -0.2) is 14.5 Å². The highest BCUT2D eigenvalue weighted by atomic mass is 32.2. The van der Waals surface area contributed by atoms with Gasteiger partial charge < -0.3 is 5.73 Å². The Morgan fingerprint density at radius 1 is 1.35 bits per heavy atom. The van der Waals surface area contributed by atoms with Crippen LogP contribution < -0.4 is 10.5 Å². The molecule has 1 unspecified atom stereocenters. The van der Waals surface area contributed by atoms with E-state index in [1.54, 1.807) is 24.3 Å². The Morgan fingerprint density at radius 2 is 1.88 bits per heavy atom. The lowest BCUT2D eigenvalue weighted by molar-refractivity contribution is 0.554. The molecule has 0 aromatic heterocycles. The van der Waals surface area contributed by atoms with Crippen LogP contribution in [0.5, 0.6) is 0 Å². The predicted octanol–water partition coefficient (Wildman–Crippen LogP) is 1.49. The van der Waals surface area contributed by atoms with Gasteiger partial charge in [0.05, 0.1) is 5.75 Å². The Morgan fingerprint density at radius 3 is 2.35 bits per heavy atom. The lowest BCUT2D eigenvalue weighted by Crippen LogP contribution is -2.29. The molecule has 0 heterocycles. The summed E-state index contributed by atoms with van der Waals surface area (Å²) in [5.41, 5.74) is 7.05. The molecule has 0 radical (unpaired) electrons. The number of benzene rings is 1. The normalized spacial score (nSPS) is 22.4. The van der Waals surface area contributed by atoms with Crippen LogP contribution in [0.2, 0.25) is 0 Å². The van der Waals surface area contributed by atoms with Crippen molar-refractivity contribution < 1.29 is 8.42 Å². The number of nitrogens with two attached hydrogens (primary N) is 1. The highest BCUT2D eigenvalue weighted by Gasteiger charge is 2.47. The largest absolute Gasteiger partial charge is 0.399 e. The van der Waals surface area contributed by atoms with Gasteiger partial charge in [-0.25, -0.2) is 13.1 Å². The first-order chi connectivity index (χ1) is 7.78. The van der Waals surface area contributed by atoms with Crippen molar-refractivity contribution in [1.82, 2.24) is 4.72 Å². The molecule has 1 aliphatic rings. The van der Waals surface area contributed by atoms with Crippen molar-refractivity contribution in [2.75, 3.05) is 5.73 Å². The number of rotatable bonds is 4. The smallest absolute Gasteiger partial charge is 0.216 e. The van der Waals surface area contributed by atoms with Crippen molar-refractivity contribution in [2.24, 2.45) is 5.41 Å². The number of hydrogen-bond acceptors (Lipinski definition) is 3. The fourth-order valence-electron chi connectivity index (χ4n) is 1.76. The average Bonchev–Trinajstić information content (AvgIpc) is 2.76. The molecule has 1 saturated carbocycles. The molecule has 1 aromatic carbocycles. The van der Waals surface area contributed by atoms with E-state index in [2.05, 4.69) is 18.6 Å². The molecule has 0 saturated heterocycles. The van der Waals surface area contributed by atoms with Crippen LogP contribution in [0.1, 0.15) is 25.8 Å². The molecule has 2 rings (SSSR count). The molecule has 5 heteroatoms. The van der Waals surface area contributed by atoms with E-state index in [1.807, 2.05) is 0 Å². The summed E-state index contributed by atoms with van der Waals surface area (Å²) >= 11 is 0. The highest BCUT2D eigenvalue weighted by Crippen LogP contribution is 2.45. The van der Waals surface area contributed by atoms with Crippen LogP contribution in [0, 0.1) is 5.41 Å². The van der Waals surface area contributed by atoms with E-state index in [4.69, 9.17) is 5.73 Å². The van der Waals surface area contributed by atoms with Crippen molar-refractivity contribution in [3.8, 4) is 0 Å². The maximum absolute atomic E-state index is 11.9.